The monoisotopic (exact) mass is 364 g/mol. The second-order valence-electron chi connectivity index (χ2n) is 10.2. The molecule has 3 saturated carbocycles. The van der Waals surface area contributed by atoms with Gasteiger partial charge in [-0.15, -0.1) is 0 Å². The van der Waals surface area contributed by atoms with E-state index in [9.17, 15) is 0 Å². The van der Waals surface area contributed by atoms with Crippen LogP contribution in [-0.2, 0) is 0 Å². The Bertz CT molecular complexity index is 485. The topological polar surface area (TPSA) is 0 Å². The summed E-state index contributed by atoms with van der Waals surface area (Å²) in [4.78, 5) is 0. The van der Waals surface area contributed by atoms with Crippen LogP contribution in [0.2, 0.25) is 18.6 Å². The van der Waals surface area contributed by atoms with E-state index in [0.717, 1.165) is 41.0 Å². The average molecular weight is 365 g/mol. The molecule has 6 unspecified atom stereocenters. The second-order valence-corrected chi connectivity index (χ2v) is 16.8. The van der Waals surface area contributed by atoms with E-state index in [4.69, 9.17) is 11.1 Å². The van der Waals surface area contributed by atoms with Gasteiger partial charge in [-0.05, 0) is 80.1 Å². The van der Waals surface area contributed by atoms with Crippen LogP contribution in [0.3, 0.4) is 0 Å². The summed E-state index contributed by atoms with van der Waals surface area (Å²) in [6.45, 7) is 7.17. The van der Waals surface area contributed by atoms with Gasteiger partial charge in [-0.2, -0.15) is 11.1 Å². The molecule has 0 bridgehead atoms. The van der Waals surface area contributed by atoms with Crippen LogP contribution in [0, 0.1) is 35.5 Å². The average Bonchev–Trinajstić information content (AvgIpc) is 2.91. The molecule has 24 heavy (non-hydrogen) atoms. The Morgan fingerprint density at radius 3 is 2.21 bits per heavy atom. The lowest BCUT2D eigenvalue weighted by Gasteiger charge is -2.49. The maximum atomic E-state index is 6.98. The van der Waals surface area contributed by atoms with E-state index in [1.165, 1.54) is 51.4 Å². The first kappa shape index (κ1) is 17.7. The molecule has 0 aromatic heterocycles. The molecule has 0 spiro atoms. The van der Waals surface area contributed by atoms with E-state index in [1.807, 2.05) is 0 Å². The summed E-state index contributed by atoms with van der Waals surface area (Å²) in [7, 11) is -1.60. The Morgan fingerprint density at radius 2 is 1.50 bits per heavy atom. The second kappa shape index (κ2) is 6.76. The molecule has 0 aromatic rings. The van der Waals surface area contributed by atoms with Gasteiger partial charge in [-0.1, -0.05) is 56.8 Å². The molecule has 3 fully saturated rings. The van der Waals surface area contributed by atoms with Crippen LogP contribution in [0.15, 0.2) is 11.6 Å². The molecule has 2 heteroatoms. The highest BCUT2D eigenvalue weighted by Gasteiger charge is 2.51. The normalized spacial score (nSPS) is 43.9. The number of fused-ring (bicyclic) bond motifs is 3. The first-order valence-corrected chi connectivity index (χ1v) is 14.9. The van der Waals surface area contributed by atoms with Gasteiger partial charge < -0.3 is 0 Å². The predicted molar refractivity (Wildman–Crippen MR) is 108 cm³/mol. The fourth-order valence-corrected chi connectivity index (χ4v) is 11.1. The van der Waals surface area contributed by atoms with E-state index in [-0.39, 0.29) is 0 Å². The Balaban J connectivity index is 1.51. The Hall–Kier alpha value is 0.247. The van der Waals surface area contributed by atoms with Gasteiger partial charge in [-0.25, -0.2) is 0 Å². The van der Waals surface area contributed by atoms with Gasteiger partial charge in [0.05, 0.1) is 0 Å². The van der Waals surface area contributed by atoms with Crippen molar-refractivity contribution in [2.75, 3.05) is 0 Å². The SMILES string of the molecule is CC1=CC2C3CC(C4CCCCC4)CCC3CCC2C1[Si](C)(C)Cl. The highest BCUT2D eigenvalue weighted by atomic mass is 35.6. The number of hydrogen-bond acceptors (Lipinski definition) is 0. The van der Waals surface area contributed by atoms with Gasteiger partial charge >= 0.3 is 0 Å². The van der Waals surface area contributed by atoms with Crippen molar-refractivity contribution in [2.24, 2.45) is 35.5 Å². The van der Waals surface area contributed by atoms with Crippen molar-refractivity contribution in [3.8, 4) is 0 Å². The summed E-state index contributed by atoms with van der Waals surface area (Å²) in [5, 5.41) is 0. The van der Waals surface area contributed by atoms with Crippen molar-refractivity contribution >= 4 is 18.5 Å². The first-order chi connectivity index (χ1) is 11.4. The smallest absolute Gasteiger partial charge is 0.157 e. The highest BCUT2D eigenvalue weighted by molar-refractivity contribution is 7.20. The predicted octanol–water partition coefficient (Wildman–Crippen LogP) is 7.40. The maximum Gasteiger partial charge on any atom is 0.157 e. The molecule has 0 N–H and O–H groups in total. The fourth-order valence-electron chi connectivity index (χ4n) is 7.51. The van der Waals surface area contributed by atoms with E-state index < -0.39 is 7.38 Å². The third-order valence-electron chi connectivity index (χ3n) is 8.38. The largest absolute Gasteiger partial charge is 0.167 e. The number of hydrogen-bond donors (Lipinski definition) is 0. The van der Waals surface area contributed by atoms with Crippen molar-refractivity contribution in [2.45, 2.75) is 89.8 Å². The molecule has 0 aliphatic heterocycles. The van der Waals surface area contributed by atoms with E-state index in [1.54, 1.807) is 18.4 Å². The third kappa shape index (κ3) is 3.17. The molecule has 0 radical (unpaired) electrons. The maximum absolute atomic E-state index is 6.98. The third-order valence-corrected chi connectivity index (χ3v) is 11.4. The molecule has 0 aromatic carbocycles. The molecule has 4 aliphatic rings. The van der Waals surface area contributed by atoms with Crippen LogP contribution < -0.4 is 0 Å². The fraction of sp³-hybridized carbons (Fsp3) is 0.909. The molecule has 0 saturated heterocycles. The van der Waals surface area contributed by atoms with E-state index >= 15 is 0 Å². The molecule has 4 rings (SSSR count). The summed E-state index contributed by atoms with van der Waals surface area (Å²) >= 11 is 6.98. The lowest BCUT2D eigenvalue weighted by molar-refractivity contribution is 0.0384. The van der Waals surface area contributed by atoms with E-state index in [2.05, 4.69) is 26.1 Å². The molecule has 0 heterocycles. The summed E-state index contributed by atoms with van der Waals surface area (Å²) in [6.07, 6.45) is 17.9. The molecule has 0 amide bonds. The van der Waals surface area contributed by atoms with Gasteiger partial charge in [-0.3, -0.25) is 0 Å². The van der Waals surface area contributed by atoms with Crippen LogP contribution in [0.4, 0.5) is 0 Å². The summed E-state index contributed by atoms with van der Waals surface area (Å²) in [5.74, 6) is 5.94. The summed E-state index contributed by atoms with van der Waals surface area (Å²) < 4.78 is 0. The number of rotatable bonds is 2. The van der Waals surface area contributed by atoms with Gasteiger partial charge in [0.2, 0.25) is 0 Å². The molecule has 136 valence electrons. The van der Waals surface area contributed by atoms with Gasteiger partial charge in [0.25, 0.3) is 0 Å². The standard InChI is InChI=1S/C22H37ClSi/c1-15-13-21-19(22(15)24(2,3)23)12-11-17-9-10-18(14-20(17)21)16-7-5-4-6-8-16/h13,16-22H,4-12,14H2,1-3H3. The van der Waals surface area contributed by atoms with Crippen LogP contribution in [0.1, 0.15) is 71.1 Å². The van der Waals surface area contributed by atoms with E-state index in [0.29, 0.717) is 0 Å². The minimum atomic E-state index is -1.60. The number of allylic oxidation sites excluding steroid dienone is 2. The van der Waals surface area contributed by atoms with Crippen molar-refractivity contribution in [1.29, 1.82) is 0 Å². The summed E-state index contributed by atoms with van der Waals surface area (Å²) in [6, 6.07) is 0. The van der Waals surface area contributed by atoms with Crippen LogP contribution >= 0.6 is 11.1 Å². The Labute approximate surface area is 155 Å². The lowest BCUT2D eigenvalue weighted by atomic mass is 9.58. The Kier molecular flexibility index (Phi) is 4.97. The zero-order valence-corrected chi connectivity index (χ0v) is 17.8. The Morgan fingerprint density at radius 1 is 0.833 bits per heavy atom. The highest BCUT2D eigenvalue weighted by Crippen LogP contribution is 2.60. The quantitative estimate of drug-likeness (QED) is 0.272. The minimum absolute atomic E-state index is 0.750. The molecular formula is C22H37ClSi. The van der Waals surface area contributed by atoms with Gasteiger partial charge in [0, 0.05) is 0 Å². The van der Waals surface area contributed by atoms with Gasteiger partial charge in [0.15, 0.2) is 7.38 Å². The first-order valence-electron chi connectivity index (χ1n) is 10.8. The minimum Gasteiger partial charge on any atom is -0.167 e. The van der Waals surface area contributed by atoms with Gasteiger partial charge in [0.1, 0.15) is 0 Å². The lowest BCUT2D eigenvalue weighted by Crippen LogP contribution is -2.41. The van der Waals surface area contributed by atoms with Crippen LogP contribution in [0.5, 0.6) is 0 Å². The molecule has 0 nitrogen and oxygen atoms in total. The molecule has 4 aliphatic carbocycles. The van der Waals surface area contributed by atoms with Crippen molar-refractivity contribution in [3.63, 3.8) is 0 Å². The number of halogens is 1. The zero-order chi connectivity index (χ0) is 16.9. The summed E-state index contributed by atoms with van der Waals surface area (Å²) in [5.41, 5.74) is 2.41. The molecular weight excluding hydrogens is 328 g/mol. The van der Waals surface area contributed by atoms with Crippen molar-refractivity contribution in [3.05, 3.63) is 11.6 Å². The molecule has 6 atom stereocenters. The van der Waals surface area contributed by atoms with Crippen molar-refractivity contribution in [1.82, 2.24) is 0 Å². The van der Waals surface area contributed by atoms with Crippen molar-refractivity contribution < 1.29 is 0 Å². The zero-order valence-electron chi connectivity index (χ0n) is 16.1. The van der Waals surface area contributed by atoms with Crippen LogP contribution in [0.25, 0.3) is 0 Å². The van der Waals surface area contributed by atoms with Crippen LogP contribution in [-0.4, -0.2) is 7.38 Å².